The molecule has 2 nitrogen and oxygen atoms in total. The van der Waals surface area contributed by atoms with Crippen molar-refractivity contribution in [3.63, 3.8) is 0 Å². The highest BCUT2D eigenvalue weighted by Crippen LogP contribution is 2.16. The molecule has 0 saturated heterocycles. The Morgan fingerprint density at radius 1 is 1.16 bits per heavy atom. The normalized spacial score (nSPS) is 10.8. The van der Waals surface area contributed by atoms with Crippen molar-refractivity contribution in [2.45, 2.75) is 13.3 Å². The predicted octanol–water partition coefficient (Wildman–Crippen LogP) is 3.73. The first-order valence-electron chi connectivity index (χ1n) is 6.28. The largest absolute Gasteiger partial charge is 0.398 e. The number of anilines is 1. The van der Waals surface area contributed by atoms with Gasteiger partial charge in [-0.3, -0.25) is 4.79 Å². The number of carbonyl (C=O) groups excluding carboxylic acids is 1. The maximum atomic E-state index is 11.3. The Labute approximate surface area is 113 Å². The van der Waals surface area contributed by atoms with Crippen LogP contribution in [-0.2, 0) is 6.42 Å². The monoisotopic (exact) mass is 251 g/mol. The van der Waals surface area contributed by atoms with Gasteiger partial charge in [0, 0.05) is 11.3 Å². The number of hydrogen-bond donors (Lipinski definition) is 1. The number of nitrogens with two attached hydrogens (primary N) is 1. The molecule has 0 radical (unpaired) electrons. The third-order valence-corrected chi connectivity index (χ3v) is 2.99. The zero-order chi connectivity index (χ0) is 13.7. The lowest BCUT2D eigenvalue weighted by Gasteiger charge is -2.03. The highest BCUT2D eigenvalue weighted by Gasteiger charge is 2.02. The first-order chi connectivity index (χ1) is 9.16. The Morgan fingerprint density at radius 2 is 1.89 bits per heavy atom. The second-order valence-electron chi connectivity index (χ2n) is 4.49. The van der Waals surface area contributed by atoms with Crippen molar-refractivity contribution in [2.24, 2.45) is 0 Å². The number of nitrogen functional groups attached to an aromatic ring is 1. The lowest BCUT2D eigenvalue weighted by molar-refractivity contribution is 0.101. The number of benzene rings is 2. The minimum absolute atomic E-state index is 0.0534. The molecule has 2 rings (SSSR count). The number of carbonyl (C=O) groups is 1. The van der Waals surface area contributed by atoms with Crippen LogP contribution in [0.1, 0.15) is 28.4 Å². The van der Waals surface area contributed by atoms with Crippen LogP contribution in [-0.4, -0.2) is 5.78 Å². The molecule has 0 bridgehead atoms. The average molecular weight is 251 g/mol. The summed E-state index contributed by atoms with van der Waals surface area (Å²) < 4.78 is 0. The average Bonchev–Trinajstić information content (AvgIpc) is 2.42. The molecular weight excluding hydrogens is 234 g/mol. The highest BCUT2D eigenvalue weighted by molar-refractivity contribution is 5.95. The van der Waals surface area contributed by atoms with E-state index in [1.54, 1.807) is 19.1 Å². The Balaban J connectivity index is 2.14. The standard InChI is InChI=1S/C17H17NO/c1-13(19)15-10-11-17(18)16(12-15)9-5-8-14-6-3-2-4-7-14/h2-7,9-12H,8,18H2,1H3/b9-5-. The third-order valence-electron chi connectivity index (χ3n) is 2.99. The second-order valence-corrected chi connectivity index (χ2v) is 4.49. The van der Waals surface area contributed by atoms with Crippen molar-refractivity contribution in [3.8, 4) is 0 Å². The Morgan fingerprint density at radius 3 is 2.58 bits per heavy atom. The molecule has 0 fully saturated rings. The third kappa shape index (κ3) is 3.55. The van der Waals surface area contributed by atoms with Crippen LogP contribution in [0.5, 0.6) is 0 Å². The molecule has 0 atom stereocenters. The van der Waals surface area contributed by atoms with E-state index < -0.39 is 0 Å². The van der Waals surface area contributed by atoms with Crippen LogP contribution in [0.25, 0.3) is 6.08 Å². The van der Waals surface area contributed by atoms with Gasteiger partial charge in [0.05, 0.1) is 0 Å². The quantitative estimate of drug-likeness (QED) is 0.664. The summed E-state index contributed by atoms with van der Waals surface area (Å²) in [6.07, 6.45) is 4.88. The maximum Gasteiger partial charge on any atom is 0.159 e. The van der Waals surface area contributed by atoms with Gasteiger partial charge in [0.1, 0.15) is 0 Å². The Hall–Kier alpha value is -2.35. The number of allylic oxidation sites excluding steroid dienone is 1. The van der Waals surface area contributed by atoms with Crippen LogP contribution in [0.4, 0.5) is 5.69 Å². The van der Waals surface area contributed by atoms with Crippen LogP contribution >= 0.6 is 0 Å². The van der Waals surface area contributed by atoms with Gasteiger partial charge in [-0.2, -0.15) is 0 Å². The van der Waals surface area contributed by atoms with Gasteiger partial charge < -0.3 is 5.73 Å². The number of hydrogen-bond acceptors (Lipinski definition) is 2. The van der Waals surface area contributed by atoms with Gasteiger partial charge in [-0.15, -0.1) is 0 Å². The van der Waals surface area contributed by atoms with E-state index in [2.05, 4.69) is 18.2 Å². The van der Waals surface area contributed by atoms with E-state index in [1.165, 1.54) is 5.56 Å². The fourth-order valence-corrected chi connectivity index (χ4v) is 1.87. The SMILES string of the molecule is CC(=O)c1ccc(N)c(/C=C\Cc2ccccc2)c1. The number of Topliss-reactive ketones (excluding diaryl/α,β-unsaturated/α-hetero) is 1. The van der Waals surface area contributed by atoms with E-state index in [4.69, 9.17) is 5.73 Å². The minimum Gasteiger partial charge on any atom is -0.398 e. The summed E-state index contributed by atoms with van der Waals surface area (Å²) >= 11 is 0. The van der Waals surface area contributed by atoms with Crippen LogP contribution in [0.2, 0.25) is 0 Å². The first kappa shape index (κ1) is 13.1. The van der Waals surface area contributed by atoms with Crippen LogP contribution in [0, 0.1) is 0 Å². The van der Waals surface area contributed by atoms with Gasteiger partial charge in [0.15, 0.2) is 5.78 Å². The van der Waals surface area contributed by atoms with Crippen molar-refractivity contribution in [1.82, 2.24) is 0 Å². The second kappa shape index (κ2) is 6.01. The molecule has 0 saturated carbocycles. The lowest BCUT2D eigenvalue weighted by atomic mass is 10.0. The van der Waals surface area contributed by atoms with Crippen molar-refractivity contribution >= 4 is 17.5 Å². The summed E-state index contributed by atoms with van der Waals surface area (Å²) in [6.45, 7) is 1.56. The van der Waals surface area contributed by atoms with Gasteiger partial charge in [-0.1, -0.05) is 42.5 Å². The summed E-state index contributed by atoms with van der Waals surface area (Å²) in [5.74, 6) is 0.0534. The van der Waals surface area contributed by atoms with E-state index in [0.717, 1.165) is 12.0 Å². The van der Waals surface area contributed by atoms with Crippen LogP contribution < -0.4 is 5.73 Å². The molecule has 2 heteroatoms. The van der Waals surface area contributed by atoms with Gasteiger partial charge in [-0.25, -0.2) is 0 Å². The molecule has 2 aromatic rings. The van der Waals surface area contributed by atoms with Crippen LogP contribution in [0.15, 0.2) is 54.6 Å². The zero-order valence-electron chi connectivity index (χ0n) is 11.0. The van der Waals surface area contributed by atoms with Crippen molar-refractivity contribution in [1.29, 1.82) is 0 Å². The summed E-state index contributed by atoms with van der Waals surface area (Å²) in [5, 5.41) is 0. The molecule has 2 aromatic carbocycles. The molecule has 0 aliphatic rings. The molecule has 19 heavy (non-hydrogen) atoms. The van der Waals surface area contributed by atoms with Gasteiger partial charge in [0.2, 0.25) is 0 Å². The van der Waals surface area contributed by atoms with E-state index in [9.17, 15) is 4.79 Å². The summed E-state index contributed by atoms with van der Waals surface area (Å²) in [4.78, 5) is 11.3. The molecule has 0 spiro atoms. The first-order valence-corrected chi connectivity index (χ1v) is 6.28. The highest BCUT2D eigenvalue weighted by atomic mass is 16.1. The molecule has 96 valence electrons. The fraction of sp³-hybridized carbons (Fsp3) is 0.118. The molecule has 0 heterocycles. The van der Waals surface area contributed by atoms with E-state index in [-0.39, 0.29) is 5.78 Å². The summed E-state index contributed by atoms with van der Waals surface area (Å²) in [7, 11) is 0. The van der Waals surface area contributed by atoms with Gasteiger partial charge in [0.25, 0.3) is 0 Å². The molecule has 0 aliphatic heterocycles. The van der Waals surface area contributed by atoms with Crippen LogP contribution in [0.3, 0.4) is 0 Å². The lowest BCUT2D eigenvalue weighted by Crippen LogP contribution is -1.96. The molecule has 0 aromatic heterocycles. The Bertz CT molecular complexity index is 600. The molecule has 0 aliphatic carbocycles. The zero-order valence-corrected chi connectivity index (χ0v) is 11.0. The van der Waals surface area contributed by atoms with E-state index >= 15 is 0 Å². The molecule has 2 N–H and O–H groups in total. The number of ketones is 1. The smallest absolute Gasteiger partial charge is 0.159 e. The van der Waals surface area contributed by atoms with Crippen molar-refractivity contribution in [3.05, 3.63) is 71.3 Å². The van der Waals surface area contributed by atoms with E-state index in [0.29, 0.717) is 11.3 Å². The van der Waals surface area contributed by atoms with E-state index in [1.807, 2.05) is 30.3 Å². The Kier molecular flexibility index (Phi) is 4.14. The molecule has 0 amide bonds. The summed E-state index contributed by atoms with van der Waals surface area (Å²) in [5.41, 5.74) is 9.43. The minimum atomic E-state index is 0.0534. The maximum absolute atomic E-state index is 11.3. The summed E-state index contributed by atoms with van der Waals surface area (Å²) in [6, 6.07) is 15.6. The van der Waals surface area contributed by atoms with Gasteiger partial charge >= 0.3 is 0 Å². The van der Waals surface area contributed by atoms with Crippen molar-refractivity contribution in [2.75, 3.05) is 5.73 Å². The molecule has 0 unspecified atom stereocenters. The van der Waals surface area contributed by atoms with Gasteiger partial charge in [-0.05, 0) is 42.7 Å². The molecular formula is C17H17NO. The number of rotatable bonds is 4. The fourth-order valence-electron chi connectivity index (χ4n) is 1.87. The van der Waals surface area contributed by atoms with Crippen molar-refractivity contribution < 1.29 is 4.79 Å². The predicted molar refractivity (Wildman–Crippen MR) is 80.0 cm³/mol. The topological polar surface area (TPSA) is 43.1 Å².